The summed E-state index contributed by atoms with van der Waals surface area (Å²) in [4.78, 5) is 0. The van der Waals surface area contributed by atoms with Crippen LogP contribution in [0.5, 0.6) is 0 Å². The van der Waals surface area contributed by atoms with E-state index >= 15 is 0 Å². The van der Waals surface area contributed by atoms with E-state index in [0.29, 0.717) is 0 Å². The second kappa shape index (κ2) is 8.00. The van der Waals surface area contributed by atoms with Gasteiger partial charge >= 0.3 is 164 Å². The van der Waals surface area contributed by atoms with Gasteiger partial charge in [-0.25, -0.2) is 0 Å². The van der Waals surface area contributed by atoms with Crippen LogP contribution in [0, 0.1) is 5.41 Å². The maximum atomic E-state index is 2.68. The molecule has 1 aliphatic heterocycles. The Balaban J connectivity index is 0.00000131. The van der Waals surface area contributed by atoms with Crippen molar-refractivity contribution in [1.29, 1.82) is 0 Å². The average Bonchev–Trinajstić information content (AvgIpc) is 2.99. The summed E-state index contributed by atoms with van der Waals surface area (Å²) in [6, 6.07) is 12.3. The molecule has 0 amide bonds. The summed E-state index contributed by atoms with van der Waals surface area (Å²) in [5, 5.41) is 0. The molecule has 0 aromatic heterocycles. The minimum absolute atomic E-state index is 0. The van der Waals surface area contributed by atoms with Gasteiger partial charge in [0.2, 0.25) is 0 Å². The third-order valence-electron chi connectivity index (χ3n) is 7.45. The fourth-order valence-electron chi connectivity index (χ4n) is 5.19. The zero-order valence-electron chi connectivity index (χ0n) is 17.3. The number of hydrogen-bond acceptors (Lipinski definition) is 0. The molecule has 0 N–H and O–H groups in total. The van der Waals surface area contributed by atoms with Crippen molar-refractivity contribution in [1.82, 2.24) is 0 Å². The van der Waals surface area contributed by atoms with Crippen LogP contribution in [-0.2, 0) is 19.2 Å². The second-order valence-electron chi connectivity index (χ2n) is 9.17. The number of halogens is 2. The molecule has 4 rings (SSSR count). The van der Waals surface area contributed by atoms with Gasteiger partial charge in [0.25, 0.3) is 0 Å². The Kier molecular flexibility index (Phi) is 6.88. The minimum Gasteiger partial charge on any atom is -1.00 e. The monoisotopic (exact) mass is 452 g/mol. The van der Waals surface area contributed by atoms with Gasteiger partial charge in [0, 0.05) is 0 Å². The molecule has 4 heteroatoms. The van der Waals surface area contributed by atoms with Crippen LogP contribution in [0.2, 0.25) is 18.6 Å². The molecule has 1 saturated heterocycles. The van der Waals surface area contributed by atoms with E-state index in [1.165, 1.54) is 24.1 Å². The molecule has 0 spiro atoms. The average molecular weight is 453 g/mol. The largest absolute Gasteiger partial charge is 1.00 e. The molecule has 27 heavy (non-hydrogen) atoms. The topological polar surface area (TPSA) is 0 Å². The smallest absolute Gasteiger partial charge is 1.00 e. The van der Waals surface area contributed by atoms with Gasteiger partial charge in [-0.3, -0.25) is 0 Å². The first-order chi connectivity index (χ1) is 11.8. The maximum Gasteiger partial charge on any atom is -1.00 e. The molecule has 1 aromatic carbocycles. The summed E-state index contributed by atoms with van der Waals surface area (Å²) in [5.41, 5.74) is 9.06. The molecular weight excluding hydrogens is 423 g/mol. The van der Waals surface area contributed by atoms with E-state index in [1.54, 1.807) is 26.2 Å². The van der Waals surface area contributed by atoms with Crippen LogP contribution in [0.25, 0.3) is 6.08 Å². The molecule has 0 nitrogen and oxygen atoms in total. The first-order valence-electron chi connectivity index (χ1n) is 9.73. The second-order valence-corrected chi connectivity index (χ2v) is 16.1. The normalized spacial score (nSPS) is 24.4. The van der Waals surface area contributed by atoms with E-state index < -0.39 is 8.07 Å². The zero-order valence-corrected chi connectivity index (χ0v) is 21.4. The maximum absolute atomic E-state index is 2.68. The standard InChI is InChI=1S/C13H15Si.C10H15.2ClH.Ti/c1-14(9-4-10-14)13-8-7-11-5-2-3-6-12(11)13;1-7-6-10(4,5)9(3)8(7)2;;;/h2-3,5-7,13H,4,9-10H2,1H3;1-5H3;2*1H;/q;;;;+2/p-2. The molecule has 2 aliphatic carbocycles. The Bertz CT molecular complexity index is 844. The van der Waals surface area contributed by atoms with E-state index in [2.05, 4.69) is 71.5 Å². The zero-order chi connectivity index (χ0) is 18.0. The summed E-state index contributed by atoms with van der Waals surface area (Å²) >= 11 is -0.228. The predicted molar refractivity (Wildman–Crippen MR) is 108 cm³/mol. The number of fused-ring (bicyclic) bond motifs is 1. The first-order valence-corrected chi connectivity index (χ1v) is 14.3. The van der Waals surface area contributed by atoms with E-state index in [1.807, 2.05) is 3.88 Å². The van der Waals surface area contributed by atoms with Crippen molar-refractivity contribution >= 4 is 14.1 Å². The Morgan fingerprint density at radius 3 is 2.15 bits per heavy atom. The number of rotatable bonds is 3. The molecule has 1 fully saturated rings. The number of allylic oxidation sites excluding steroid dienone is 5. The van der Waals surface area contributed by atoms with Gasteiger partial charge in [-0.05, 0) is 0 Å². The molecule has 1 atom stereocenters. The molecule has 0 bridgehead atoms. The molecule has 0 saturated carbocycles. The summed E-state index contributed by atoms with van der Waals surface area (Å²) in [7, 11) is -1.13. The van der Waals surface area contributed by atoms with Gasteiger partial charge < -0.3 is 24.8 Å². The van der Waals surface area contributed by atoms with Crippen molar-refractivity contribution in [3.05, 3.63) is 59.9 Å². The minimum atomic E-state index is -1.13. The van der Waals surface area contributed by atoms with Crippen LogP contribution in [0.4, 0.5) is 0 Å². The Hall–Kier alpha value is -0.0488. The van der Waals surface area contributed by atoms with Crippen LogP contribution in [0.15, 0.2) is 48.7 Å². The van der Waals surface area contributed by atoms with Crippen LogP contribution in [0.1, 0.15) is 57.7 Å². The van der Waals surface area contributed by atoms with Crippen LogP contribution >= 0.6 is 0 Å². The number of hydrogen-bond donors (Lipinski definition) is 0. The number of benzene rings is 1. The SMILES string of the molecule is CC1=C(C)C(C)(C)[C]([Ti+2][C]2=Cc3ccccc3C2[Si]2(C)CCC2)=C1C.[Cl-].[Cl-]. The van der Waals surface area contributed by atoms with Gasteiger partial charge in [0.05, 0.1) is 0 Å². The van der Waals surface area contributed by atoms with E-state index in [-0.39, 0.29) is 49.4 Å². The molecular formula is C23H30Cl2SiTi. The molecule has 144 valence electrons. The summed E-state index contributed by atoms with van der Waals surface area (Å²) in [6.45, 7) is 14.7. The summed E-state index contributed by atoms with van der Waals surface area (Å²) in [6.07, 6.45) is 4.08. The van der Waals surface area contributed by atoms with E-state index in [9.17, 15) is 0 Å². The van der Waals surface area contributed by atoms with Gasteiger partial charge in [-0.15, -0.1) is 0 Å². The quantitative estimate of drug-likeness (QED) is 0.597. The van der Waals surface area contributed by atoms with Gasteiger partial charge in [-0.2, -0.15) is 0 Å². The van der Waals surface area contributed by atoms with Gasteiger partial charge in [0.15, 0.2) is 0 Å². The summed E-state index contributed by atoms with van der Waals surface area (Å²) < 4.78 is 3.64. The van der Waals surface area contributed by atoms with Crippen molar-refractivity contribution < 1.29 is 44.0 Å². The van der Waals surface area contributed by atoms with E-state index in [4.69, 9.17) is 0 Å². The Morgan fingerprint density at radius 2 is 1.63 bits per heavy atom. The fraction of sp³-hybridized carbons (Fsp3) is 0.478. The third kappa shape index (κ3) is 3.53. The van der Waals surface area contributed by atoms with Crippen LogP contribution < -0.4 is 24.8 Å². The molecule has 1 unspecified atom stereocenters. The van der Waals surface area contributed by atoms with Crippen LogP contribution in [-0.4, -0.2) is 8.07 Å². The van der Waals surface area contributed by atoms with Crippen LogP contribution in [0.3, 0.4) is 0 Å². The van der Waals surface area contributed by atoms with Gasteiger partial charge in [-0.1, -0.05) is 0 Å². The van der Waals surface area contributed by atoms with Crippen molar-refractivity contribution in [2.24, 2.45) is 5.41 Å². The Labute approximate surface area is 187 Å². The molecule has 1 aromatic rings. The van der Waals surface area contributed by atoms with Crippen molar-refractivity contribution in [2.45, 2.75) is 65.2 Å². The van der Waals surface area contributed by atoms with Crippen molar-refractivity contribution in [3.63, 3.8) is 0 Å². The fourth-order valence-corrected chi connectivity index (χ4v) is 13.7. The van der Waals surface area contributed by atoms with Crippen molar-refractivity contribution in [2.75, 3.05) is 0 Å². The molecule has 3 aliphatic rings. The third-order valence-corrected chi connectivity index (χ3v) is 16.0. The molecule has 1 heterocycles. The van der Waals surface area contributed by atoms with Gasteiger partial charge in [0.1, 0.15) is 0 Å². The molecule has 0 radical (unpaired) electrons. The van der Waals surface area contributed by atoms with E-state index in [0.717, 1.165) is 5.54 Å². The van der Waals surface area contributed by atoms with Crippen molar-refractivity contribution in [3.8, 4) is 0 Å². The first kappa shape index (κ1) is 23.2. The predicted octanol–water partition coefficient (Wildman–Crippen LogP) is 0.887. The summed E-state index contributed by atoms with van der Waals surface area (Å²) in [5.74, 6) is 0. The Morgan fingerprint density at radius 1 is 1.00 bits per heavy atom.